The largest absolute Gasteiger partial charge is 0.436 e. The summed E-state index contributed by atoms with van der Waals surface area (Å²) in [7, 11) is 1.56. The van der Waals surface area contributed by atoms with Crippen molar-refractivity contribution in [1.82, 2.24) is 9.88 Å². The Hall–Kier alpha value is -1.83. The van der Waals surface area contributed by atoms with Gasteiger partial charge in [-0.3, -0.25) is 4.79 Å². The Balaban J connectivity index is 2.96. The van der Waals surface area contributed by atoms with Crippen LogP contribution in [0.15, 0.2) is 4.42 Å². The van der Waals surface area contributed by atoms with Gasteiger partial charge in [0, 0.05) is 14.0 Å². The van der Waals surface area contributed by atoms with Crippen LogP contribution >= 0.6 is 0 Å². The Kier molecular flexibility index (Phi) is 3.10. The van der Waals surface area contributed by atoms with Crippen molar-refractivity contribution in [2.45, 2.75) is 26.8 Å². The first kappa shape index (κ1) is 11.2. The Labute approximate surface area is 88.3 Å². The molecule has 1 atom stereocenters. The third-order valence-electron chi connectivity index (χ3n) is 2.19. The zero-order valence-electron chi connectivity index (χ0n) is 9.24. The van der Waals surface area contributed by atoms with Gasteiger partial charge in [0.2, 0.25) is 5.76 Å². The summed E-state index contributed by atoms with van der Waals surface area (Å²) in [5.74, 6) is 0.341. The zero-order chi connectivity index (χ0) is 11.6. The van der Waals surface area contributed by atoms with Crippen LogP contribution in [0.1, 0.15) is 29.1 Å². The second-order valence-corrected chi connectivity index (χ2v) is 3.37. The van der Waals surface area contributed by atoms with Gasteiger partial charge in [-0.1, -0.05) is 0 Å². The number of amides is 1. The quantitative estimate of drug-likeness (QED) is 0.732. The van der Waals surface area contributed by atoms with Crippen LogP contribution in [0, 0.1) is 25.2 Å². The van der Waals surface area contributed by atoms with E-state index < -0.39 is 6.04 Å². The Bertz CT molecular complexity index is 417. The summed E-state index contributed by atoms with van der Waals surface area (Å²) in [5.41, 5.74) is 0.550. The second-order valence-electron chi connectivity index (χ2n) is 3.37. The van der Waals surface area contributed by atoms with E-state index in [1.807, 2.05) is 6.07 Å². The summed E-state index contributed by atoms with van der Waals surface area (Å²) in [6, 6.07) is 1.50. The molecule has 1 aromatic heterocycles. The van der Waals surface area contributed by atoms with E-state index in [0.29, 0.717) is 11.6 Å². The van der Waals surface area contributed by atoms with Crippen LogP contribution in [0.4, 0.5) is 0 Å². The first-order valence-electron chi connectivity index (χ1n) is 4.58. The van der Waals surface area contributed by atoms with Gasteiger partial charge in [-0.05, 0) is 13.8 Å². The molecule has 0 aliphatic heterocycles. The molecule has 15 heavy (non-hydrogen) atoms. The van der Waals surface area contributed by atoms with Crippen LogP contribution in [-0.4, -0.2) is 28.9 Å². The lowest BCUT2D eigenvalue weighted by molar-refractivity contribution is 0.0739. The molecular formula is C10H13N3O2. The Morgan fingerprint density at radius 1 is 1.60 bits per heavy atom. The van der Waals surface area contributed by atoms with Crippen LogP contribution in [-0.2, 0) is 0 Å². The molecule has 0 radical (unpaired) electrons. The smallest absolute Gasteiger partial charge is 0.292 e. The molecule has 0 fully saturated rings. The maximum atomic E-state index is 11.8. The normalized spacial score (nSPS) is 11.9. The molecule has 0 bridgehead atoms. The first-order chi connectivity index (χ1) is 6.97. The maximum absolute atomic E-state index is 11.8. The highest BCUT2D eigenvalue weighted by molar-refractivity contribution is 5.92. The van der Waals surface area contributed by atoms with Crippen molar-refractivity contribution in [2.75, 3.05) is 7.05 Å². The molecule has 0 aliphatic carbocycles. The molecule has 0 saturated heterocycles. The van der Waals surface area contributed by atoms with Gasteiger partial charge in [0.05, 0.1) is 11.8 Å². The van der Waals surface area contributed by atoms with E-state index in [4.69, 9.17) is 9.68 Å². The molecule has 80 valence electrons. The van der Waals surface area contributed by atoms with Crippen molar-refractivity contribution in [3.8, 4) is 6.07 Å². The van der Waals surface area contributed by atoms with Crippen molar-refractivity contribution in [3.05, 3.63) is 17.3 Å². The average molecular weight is 207 g/mol. The lowest BCUT2D eigenvalue weighted by atomic mass is 10.3. The number of nitrogens with zero attached hydrogens (tertiary/aromatic N) is 3. The standard InChI is InChI=1S/C10H13N3O2/c1-6(5-11)13(4)10(14)9-7(2)12-8(3)15-9/h6H,1-4H3. The van der Waals surface area contributed by atoms with Gasteiger partial charge < -0.3 is 9.32 Å². The van der Waals surface area contributed by atoms with E-state index in [1.54, 1.807) is 27.8 Å². The number of aromatic nitrogens is 1. The van der Waals surface area contributed by atoms with E-state index in [2.05, 4.69) is 4.98 Å². The zero-order valence-corrected chi connectivity index (χ0v) is 9.24. The highest BCUT2D eigenvalue weighted by Gasteiger charge is 2.22. The van der Waals surface area contributed by atoms with Gasteiger partial charge in [0.15, 0.2) is 5.89 Å². The minimum absolute atomic E-state index is 0.206. The highest BCUT2D eigenvalue weighted by Crippen LogP contribution is 2.12. The molecular weight excluding hydrogens is 194 g/mol. The van der Waals surface area contributed by atoms with E-state index in [1.165, 1.54) is 4.90 Å². The minimum Gasteiger partial charge on any atom is -0.436 e. The molecule has 0 spiro atoms. The lowest BCUT2D eigenvalue weighted by Crippen LogP contribution is -2.34. The topological polar surface area (TPSA) is 70.1 Å². The number of nitriles is 1. The van der Waals surface area contributed by atoms with Gasteiger partial charge >= 0.3 is 0 Å². The summed E-state index contributed by atoms with van der Waals surface area (Å²) in [4.78, 5) is 17.1. The van der Waals surface area contributed by atoms with Crippen LogP contribution in [0.25, 0.3) is 0 Å². The maximum Gasteiger partial charge on any atom is 0.292 e. The van der Waals surface area contributed by atoms with Crippen molar-refractivity contribution in [3.63, 3.8) is 0 Å². The Morgan fingerprint density at radius 3 is 2.60 bits per heavy atom. The molecule has 0 saturated carbocycles. The number of oxazole rings is 1. The highest BCUT2D eigenvalue weighted by atomic mass is 16.4. The fourth-order valence-electron chi connectivity index (χ4n) is 1.15. The van der Waals surface area contributed by atoms with Gasteiger partial charge in [0.1, 0.15) is 6.04 Å². The fraction of sp³-hybridized carbons (Fsp3) is 0.500. The molecule has 0 aliphatic rings. The van der Waals surface area contributed by atoms with Crippen molar-refractivity contribution < 1.29 is 9.21 Å². The summed E-state index contributed by atoms with van der Waals surface area (Å²) < 4.78 is 5.18. The first-order valence-corrected chi connectivity index (χ1v) is 4.58. The summed E-state index contributed by atoms with van der Waals surface area (Å²) >= 11 is 0. The summed E-state index contributed by atoms with van der Waals surface area (Å²) in [5, 5.41) is 8.69. The van der Waals surface area contributed by atoms with E-state index in [9.17, 15) is 4.79 Å². The van der Waals surface area contributed by atoms with Crippen molar-refractivity contribution in [1.29, 1.82) is 5.26 Å². The number of hydrogen-bond donors (Lipinski definition) is 0. The lowest BCUT2D eigenvalue weighted by Gasteiger charge is -2.17. The van der Waals surface area contributed by atoms with Crippen molar-refractivity contribution >= 4 is 5.91 Å². The van der Waals surface area contributed by atoms with E-state index in [0.717, 1.165) is 0 Å². The second kappa shape index (κ2) is 4.13. The molecule has 1 heterocycles. The summed E-state index contributed by atoms with van der Waals surface area (Å²) in [6.07, 6.45) is 0. The van der Waals surface area contributed by atoms with E-state index in [-0.39, 0.29) is 11.7 Å². The van der Waals surface area contributed by atoms with Gasteiger partial charge in [-0.15, -0.1) is 0 Å². The number of rotatable bonds is 2. The number of carbonyl (C=O) groups is 1. The SMILES string of the molecule is Cc1nc(C)c(C(=O)N(C)C(C)C#N)o1. The van der Waals surface area contributed by atoms with Crippen LogP contribution in [0.2, 0.25) is 0 Å². The monoisotopic (exact) mass is 207 g/mol. The molecule has 1 rings (SSSR count). The van der Waals surface area contributed by atoms with Crippen molar-refractivity contribution in [2.24, 2.45) is 0 Å². The molecule has 1 aromatic rings. The number of hydrogen-bond acceptors (Lipinski definition) is 4. The molecule has 1 amide bonds. The number of aryl methyl sites for hydroxylation is 2. The molecule has 0 N–H and O–H groups in total. The van der Waals surface area contributed by atoms with Gasteiger partial charge in [-0.2, -0.15) is 5.26 Å². The van der Waals surface area contributed by atoms with E-state index >= 15 is 0 Å². The predicted octanol–water partition coefficient (Wildman–Crippen LogP) is 1.28. The van der Waals surface area contributed by atoms with Crippen LogP contribution in [0.5, 0.6) is 0 Å². The molecule has 5 heteroatoms. The molecule has 0 aromatic carbocycles. The third kappa shape index (κ3) is 2.15. The van der Waals surface area contributed by atoms with Gasteiger partial charge in [0.25, 0.3) is 5.91 Å². The summed E-state index contributed by atoms with van der Waals surface area (Å²) in [6.45, 7) is 5.03. The Morgan fingerprint density at radius 2 is 2.20 bits per heavy atom. The molecule has 5 nitrogen and oxygen atoms in total. The van der Waals surface area contributed by atoms with Crippen LogP contribution < -0.4 is 0 Å². The van der Waals surface area contributed by atoms with Gasteiger partial charge in [-0.25, -0.2) is 4.98 Å². The number of carbonyl (C=O) groups excluding carboxylic acids is 1. The minimum atomic E-state index is -0.484. The molecule has 1 unspecified atom stereocenters. The fourth-order valence-corrected chi connectivity index (χ4v) is 1.15. The third-order valence-corrected chi connectivity index (χ3v) is 2.19. The predicted molar refractivity (Wildman–Crippen MR) is 53.1 cm³/mol. The van der Waals surface area contributed by atoms with Crippen LogP contribution in [0.3, 0.4) is 0 Å². The average Bonchev–Trinajstić information content (AvgIpc) is 2.54.